The number of halogens is 1. The Morgan fingerprint density at radius 2 is 2.22 bits per heavy atom. The second-order valence-corrected chi connectivity index (χ2v) is 4.72. The number of rotatable bonds is 8. The summed E-state index contributed by atoms with van der Waals surface area (Å²) >= 11 is 0. The molecule has 0 aliphatic heterocycles. The van der Waals surface area contributed by atoms with Gasteiger partial charge in [0.25, 0.3) is 0 Å². The Hall–Kier alpha value is -1.35. The lowest BCUT2D eigenvalue weighted by atomic mass is 10.2. The maximum Gasteiger partial charge on any atom is 0.165 e. The molecule has 0 saturated carbocycles. The summed E-state index contributed by atoms with van der Waals surface area (Å²) in [5.41, 5.74) is 0.934. The molecule has 18 heavy (non-hydrogen) atoms. The van der Waals surface area contributed by atoms with Crippen LogP contribution in [0.25, 0.3) is 0 Å². The zero-order valence-corrected chi connectivity index (χ0v) is 11.2. The fourth-order valence-electron chi connectivity index (χ4n) is 1.53. The average Bonchev–Trinajstić information content (AvgIpc) is 2.31. The zero-order chi connectivity index (χ0) is 13.4. The van der Waals surface area contributed by atoms with E-state index in [0.717, 1.165) is 18.5 Å². The molecule has 0 aliphatic carbocycles. The van der Waals surface area contributed by atoms with Crippen molar-refractivity contribution < 1.29 is 9.13 Å². The molecule has 0 unspecified atom stereocenters. The van der Waals surface area contributed by atoms with E-state index in [9.17, 15) is 4.39 Å². The molecule has 2 nitrogen and oxygen atoms in total. The lowest BCUT2D eigenvalue weighted by Crippen LogP contribution is -2.19. The third-order valence-electron chi connectivity index (χ3n) is 2.46. The van der Waals surface area contributed by atoms with Gasteiger partial charge in [0.15, 0.2) is 11.6 Å². The van der Waals surface area contributed by atoms with Gasteiger partial charge in [-0.1, -0.05) is 26.0 Å². The summed E-state index contributed by atoms with van der Waals surface area (Å²) in [6.07, 6.45) is 2.47. The quantitative estimate of drug-likeness (QED) is 0.564. The van der Waals surface area contributed by atoms with Crippen molar-refractivity contribution in [3.8, 4) is 5.75 Å². The lowest BCUT2D eigenvalue weighted by molar-refractivity contribution is 0.308. The number of ether oxygens (including phenoxy) is 1. The first kappa shape index (κ1) is 14.7. The van der Waals surface area contributed by atoms with Crippen LogP contribution in [0.1, 0.15) is 25.8 Å². The molecule has 1 aromatic rings. The highest BCUT2D eigenvalue weighted by Crippen LogP contribution is 2.18. The molecule has 1 N–H and O–H groups in total. The fraction of sp³-hybridized carbons (Fsp3) is 0.467. The molecule has 0 saturated heterocycles. The predicted molar refractivity (Wildman–Crippen MR) is 73.3 cm³/mol. The third kappa shape index (κ3) is 5.32. The van der Waals surface area contributed by atoms with E-state index in [2.05, 4.69) is 25.7 Å². The molecule has 0 radical (unpaired) electrons. The van der Waals surface area contributed by atoms with Crippen molar-refractivity contribution >= 4 is 0 Å². The molecule has 0 bridgehead atoms. The Morgan fingerprint density at radius 3 is 2.83 bits per heavy atom. The van der Waals surface area contributed by atoms with Crippen molar-refractivity contribution in [1.82, 2.24) is 5.32 Å². The van der Waals surface area contributed by atoms with Crippen molar-refractivity contribution in [3.63, 3.8) is 0 Å². The van der Waals surface area contributed by atoms with Gasteiger partial charge < -0.3 is 10.1 Å². The number of nitrogens with one attached hydrogen (secondary N) is 1. The first-order valence-electron chi connectivity index (χ1n) is 6.36. The first-order valence-corrected chi connectivity index (χ1v) is 6.36. The van der Waals surface area contributed by atoms with Crippen molar-refractivity contribution in [1.29, 1.82) is 0 Å². The van der Waals surface area contributed by atoms with Crippen LogP contribution in [0, 0.1) is 11.7 Å². The normalized spacial score (nSPS) is 10.7. The molecule has 0 spiro atoms. The maximum absolute atomic E-state index is 13.7. The van der Waals surface area contributed by atoms with Gasteiger partial charge in [-0.15, -0.1) is 6.58 Å². The van der Waals surface area contributed by atoms with E-state index in [1.807, 2.05) is 6.07 Å². The zero-order valence-electron chi connectivity index (χ0n) is 11.2. The predicted octanol–water partition coefficient (Wildman–Crippen LogP) is 3.53. The Morgan fingerprint density at radius 1 is 1.44 bits per heavy atom. The van der Waals surface area contributed by atoms with Gasteiger partial charge in [-0.25, -0.2) is 4.39 Å². The number of hydrogen-bond donors (Lipinski definition) is 1. The smallest absolute Gasteiger partial charge is 0.165 e. The van der Waals surface area contributed by atoms with Crippen LogP contribution in [-0.2, 0) is 6.54 Å². The van der Waals surface area contributed by atoms with Gasteiger partial charge >= 0.3 is 0 Å². The second kappa shape index (κ2) is 7.88. The molecule has 0 atom stereocenters. The summed E-state index contributed by atoms with van der Waals surface area (Å²) in [4.78, 5) is 0. The highest BCUT2D eigenvalue weighted by molar-refractivity contribution is 5.29. The minimum absolute atomic E-state index is 0.303. The molecular formula is C15H22FNO. The van der Waals surface area contributed by atoms with Crippen LogP contribution < -0.4 is 10.1 Å². The molecule has 3 heteroatoms. The van der Waals surface area contributed by atoms with Gasteiger partial charge in [0.2, 0.25) is 0 Å². The standard InChI is InChI=1S/C15H22FNO/c1-4-5-8-18-15-7-6-13(9-14(15)16)11-17-10-12(2)3/h4,6-7,9,12,17H,1,5,8,10-11H2,2-3H3. The Labute approximate surface area is 109 Å². The summed E-state index contributed by atoms with van der Waals surface area (Å²) in [5.74, 6) is 0.601. The SMILES string of the molecule is C=CCCOc1ccc(CNCC(C)C)cc1F. The van der Waals surface area contributed by atoms with Gasteiger partial charge in [0, 0.05) is 6.54 Å². The second-order valence-electron chi connectivity index (χ2n) is 4.72. The molecule has 0 heterocycles. The molecule has 0 aromatic heterocycles. The van der Waals surface area contributed by atoms with Crippen molar-refractivity contribution in [3.05, 3.63) is 42.2 Å². The summed E-state index contributed by atoms with van der Waals surface area (Å²) < 4.78 is 19.0. The van der Waals surface area contributed by atoms with Crippen LogP contribution in [-0.4, -0.2) is 13.2 Å². The average molecular weight is 251 g/mol. The van der Waals surface area contributed by atoms with Crippen molar-refractivity contribution in [2.24, 2.45) is 5.92 Å². The first-order chi connectivity index (χ1) is 8.63. The van der Waals surface area contributed by atoms with Gasteiger partial charge in [-0.2, -0.15) is 0 Å². The molecule has 1 aromatic carbocycles. The fourth-order valence-corrected chi connectivity index (χ4v) is 1.53. The minimum atomic E-state index is -0.303. The van der Waals surface area contributed by atoms with Crippen molar-refractivity contribution in [2.45, 2.75) is 26.8 Å². The van der Waals surface area contributed by atoms with E-state index in [-0.39, 0.29) is 5.82 Å². The number of hydrogen-bond acceptors (Lipinski definition) is 2. The van der Waals surface area contributed by atoms with E-state index < -0.39 is 0 Å². The molecule has 0 fully saturated rings. The van der Waals surface area contributed by atoms with Crippen LogP contribution >= 0.6 is 0 Å². The van der Waals surface area contributed by atoms with Gasteiger partial charge in [0.05, 0.1) is 6.61 Å². The van der Waals surface area contributed by atoms with E-state index in [1.165, 1.54) is 6.07 Å². The van der Waals surface area contributed by atoms with E-state index in [1.54, 1.807) is 12.1 Å². The van der Waals surface area contributed by atoms with Crippen LogP contribution in [0.5, 0.6) is 5.75 Å². The summed E-state index contributed by atoms with van der Waals surface area (Å²) in [5, 5.41) is 3.28. The summed E-state index contributed by atoms with van der Waals surface area (Å²) in [6.45, 7) is 9.96. The highest BCUT2D eigenvalue weighted by atomic mass is 19.1. The Bertz CT molecular complexity index is 377. The van der Waals surface area contributed by atoms with Crippen LogP contribution in [0.4, 0.5) is 4.39 Å². The minimum Gasteiger partial charge on any atom is -0.490 e. The highest BCUT2D eigenvalue weighted by Gasteiger charge is 2.04. The van der Waals surface area contributed by atoms with Gasteiger partial charge in [-0.3, -0.25) is 0 Å². The third-order valence-corrected chi connectivity index (χ3v) is 2.46. The van der Waals surface area contributed by atoms with Crippen LogP contribution in [0.2, 0.25) is 0 Å². The monoisotopic (exact) mass is 251 g/mol. The number of benzene rings is 1. The topological polar surface area (TPSA) is 21.3 Å². The van der Waals surface area contributed by atoms with Gasteiger partial charge in [0.1, 0.15) is 0 Å². The van der Waals surface area contributed by atoms with Crippen LogP contribution in [0.15, 0.2) is 30.9 Å². The van der Waals surface area contributed by atoms with Crippen molar-refractivity contribution in [2.75, 3.05) is 13.2 Å². The molecule has 1 rings (SSSR count). The summed E-state index contributed by atoms with van der Waals surface area (Å²) in [6, 6.07) is 5.10. The lowest BCUT2D eigenvalue weighted by Gasteiger charge is -2.10. The van der Waals surface area contributed by atoms with Crippen LogP contribution in [0.3, 0.4) is 0 Å². The van der Waals surface area contributed by atoms with E-state index in [4.69, 9.17) is 4.74 Å². The molecular weight excluding hydrogens is 229 g/mol. The van der Waals surface area contributed by atoms with E-state index >= 15 is 0 Å². The largest absolute Gasteiger partial charge is 0.490 e. The Balaban J connectivity index is 2.48. The summed E-state index contributed by atoms with van der Waals surface area (Å²) in [7, 11) is 0. The molecule has 0 aliphatic rings. The maximum atomic E-state index is 13.7. The van der Waals surface area contributed by atoms with Gasteiger partial charge in [-0.05, 0) is 36.6 Å². The molecule has 100 valence electrons. The Kier molecular flexibility index (Phi) is 6.44. The van der Waals surface area contributed by atoms with E-state index in [0.29, 0.717) is 24.8 Å². The molecule has 0 amide bonds.